The topological polar surface area (TPSA) is 67.9 Å². The number of hydrogen-bond acceptors (Lipinski definition) is 4. The van der Waals surface area contributed by atoms with Gasteiger partial charge in [-0.25, -0.2) is 9.82 Å². The molecule has 0 fully saturated rings. The molecule has 0 aliphatic rings. The van der Waals surface area contributed by atoms with Crippen LogP contribution in [0.2, 0.25) is 0 Å². The van der Waals surface area contributed by atoms with Gasteiger partial charge in [-0.3, -0.25) is 4.98 Å². The third-order valence-corrected chi connectivity index (χ3v) is 8.85. The second-order valence-electron chi connectivity index (χ2n) is 13.2. The Hall–Kier alpha value is -3.48. The van der Waals surface area contributed by atoms with Crippen molar-refractivity contribution in [2.24, 2.45) is 11.1 Å². The van der Waals surface area contributed by atoms with Crippen molar-refractivity contribution in [1.82, 2.24) is 20.4 Å². The second kappa shape index (κ2) is 16.2. The molecule has 2 heterocycles. The first-order chi connectivity index (χ1) is 21.7. The summed E-state index contributed by atoms with van der Waals surface area (Å²) in [6.45, 7) is 16.2. The second-order valence-corrected chi connectivity index (χ2v) is 13.2. The highest BCUT2D eigenvalue weighted by molar-refractivity contribution is 5.95. The maximum absolute atomic E-state index is 14.1. The van der Waals surface area contributed by atoms with Gasteiger partial charge in [0.15, 0.2) is 0 Å². The fraction of sp³-hybridized carbons (Fsp3) is 0.462. The summed E-state index contributed by atoms with van der Waals surface area (Å²) in [7, 11) is 0. The Kier molecular flexibility index (Phi) is 12.4. The minimum atomic E-state index is -0.459. The van der Waals surface area contributed by atoms with Gasteiger partial charge in [-0.05, 0) is 110 Å². The van der Waals surface area contributed by atoms with Gasteiger partial charge in [-0.2, -0.15) is 0 Å². The molecule has 2 aromatic carbocycles. The molecule has 5 nitrogen and oxygen atoms in total. The van der Waals surface area contributed by atoms with Crippen LogP contribution < -0.4 is 16.6 Å². The number of nitrogens with two attached hydrogens (primary N) is 1. The predicted octanol–water partition coefficient (Wildman–Crippen LogP) is 9.59. The molecule has 242 valence electrons. The molecule has 1 unspecified atom stereocenters. The molecule has 45 heavy (non-hydrogen) atoms. The molecule has 4 N–H and O–H groups in total. The van der Waals surface area contributed by atoms with Crippen LogP contribution in [0.25, 0.3) is 33.3 Å². The minimum Gasteiger partial charge on any atom is -0.340 e. The number of hydrogen-bond donors (Lipinski definition) is 3. The molecule has 1 atom stereocenters. The van der Waals surface area contributed by atoms with Crippen molar-refractivity contribution in [3.05, 3.63) is 89.9 Å². The molecule has 0 amide bonds. The number of pyridine rings is 1. The fourth-order valence-electron chi connectivity index (χ4n) is 6.83. The molecule has 0 saturated carbocycles. The van der Waals surface area contributed by atoms with Crippen molar-refractivity contribution < 1.29 is 4.39 Å². The van der Waals surface area contributed by atoms with E-state index in [4.69, 9.17) is 10.7 Å². The normalized spacial score (nSPS) is 12.5. The molecule has 0 aliphatic heterocycles. The third-order valence-electron chi connectivity index (χ3n) is 8.85. The highest BCUT2D eigenvalue weighted by Crippen LogP contribution is 2.42. The van der Waals surface area contributed by atoms with Crippen molar-refractivity contribution in [3.63, 3.8) is 0 Å². The van der Waals surface area contributed by atoms with Crippen LogP contribution in [0.15, 0.2) is 67.5 Å². The van der Waals surface area contributed by atoms with Crippen molar-refractivity contribution in [2.75, 3.05) is 6.54 Å². The maximum atomic E-state index is 14.1. The Labute approximate surface area is 270 Å². The number of benzene rings is 2. The molecule has 6 heteroatoms. The van der Waals surface area contributed by atoms with Crippen LogP contribution >= 0.6 is 0 Å². The Morgan fingerprint density at radius 2 is 1.80 bits per heavy atom. The zero-order valence-electron chi connectivity index (χ0n) is 28.2. The number of fused-ring (bicyclic) bond motifs is 1. The van der Waals surface area contributed by atoms with Gasteiger partial charge in [0.2, 0.25) is 0 Å². The average Bonchev–Trinajstić information content (AvgIpc) is 3.33. The SMILES string of the molecule is C=CNNCCCCCCc1cc(CF)cc(-c2ccc3c(c2)c(CC(C)(C)CCC)c(-c2cccnc2C(C)N)n3CC)c1. The monoisotopic (exact) mass is 611 g/mol. The van der Waals surface area contributed by atoms with Crippen molar-refractivity contribution in [1.29, 1.82) is 0 Å². The molecular formula is C39H54FN5. The molecule has 2 aromatic heterocycles. The lowest BCUT2D eigenvalue weighted by Crippen LogP contribution is -2.27. The molecule has 0 radical (unpaired) electrons. The number of aryl methyl sites for hydroxylation is 2. The van der Waals surface area contributed by atoms with E-state index in [-0.39, 0.29) is 11.5 Å². The number of halogens is 1. The first-order valence-electron chi connectivity index (χ1n) is 16.9. The van der Waals surface area contributed by atoms with Crippen LogP contribution in [-0.2, 0) is 26.1 Å². The summed E-state index contributed by atoms with van der Waals surface area (Å²) in [5.41, 5.74) is 22.7. The first kappa shape index (κ1) is 34.4. The molecule has 0 aliphatic carbocycles. The number of rotatable bonds is 18. The lowest BCUT2D eigenvalue weighted by Gasteiger charge is -2.25. The highest BCUT2D eigenvalue weighted by Gasteiger charge is 2.27. The third kappa shape index (κ3) is 8.62. The van der Waals surface area contributed by atoms with Gasteiger partial charge in [0.25, 0.3) is 0 Å². The van der Waals surface area contributed by atoms with Crippen molar-refractivity contribution in [3.8, 4) is 22.4 Å². The van der Waals surface area contributed by atoms with E-state index in [1.807, 2.05) is 31.3 Å². The average molecular weight is 612 g/mol. The number of unbranched alkanes of at least 4 members (excludes halogenated alkanes) is 3. The van der Waals surface area contributed by atoms with E-state index >= 15 is 0 Å². The van der Waals surface area contributed by atoms with E-state index in [0.717, 1.165) is 92.4 Å². The summed E-state index contributed by atoms with van der Waals surface area (Å²) in [6, 6.07) is 17.2. The van der Waals surface area contributed by atoms with Gasteiger partial charge in [0, 0.05) is 48.0 Å². The summed E-state index contributed by atoms with van der Waals surface area (Å²) in [5.74, 6) is 0. The molecular weight excluding hydrogens is 557 g/mol. The quantitative estimate of drug-likeness (QED) is 0.0774. The van der Waals surface area contributed by atoms with Crippen molar-refractivity contribution in [2.45, 2.75) is 105 Å². The highest BCUT2D eigenvalue weighted by atomic mass is 19.1. The summed E-state index contributed by atoms with van der Waals surface area (Å²) in [5, 5.41) is 1.26. The number of aromatic nitrogens is 2. The Balaban J connectivity index is 1.76. The fourth-order valence-corrected chi connectivity index (χ4v) is 6.83. The molecule has 0 saturated heterocycles. The van der Waals surface area contributed by atoms with Crippen LogP contribution in [0.4, 0.5) is 4.39 Å². The van der Waals surface area contributed by atoms with E-state index in [0.29, 0.717) is 0 Å². The Morgan fingerprint density at radius 3 is 2.51 bits per heavy atom. The predicted molar refractivity (Wildman–Crippen MR) is 190 cm³/mol. The van der Waals surface area contributed by atoms with E-state index in [2.05, 4.69) is 80.0 Å². The standard InChI is InChI=1S/C39H54FN5/c1-7-19-39(5,6)26-35-34-25-31(17-18-36(34)45(9-3)38(35)33-16-14-20-42-37(33)28(4)41)32-23-29(22-30(24-32)27-40)15-12-10-11-13-21-44-43-8-2/h8,14,16-18,20,22-25,28,43-44H,2,7,9-13,15,19,21,26-27,41H2,1,3-6H3. The summed E-state index contributed by atoms with van der Waals surface area (Å²) < 4.78 is 16.6. The smallest absolute Gasteiger partial charge is 0.115 e. The zero-order chi connectivity index (χ0) is 32.4. The number of nitrogens with zero attached hydrogens (tertiary/aromatic N) is 2. The Bertz CT molecular complexity index is 1550. The lowest BCUT2D eigenvalue weighted by molar-refractivity contribution is 0.330. The van der Waals surface area contributed by atoms with Gasteiger partial charge in [-0.1, -0.05) is 64.8 Å². The largest absolute Gasteiger partial charge is 0.340 e. The first-order valence-corrected chi connectivity index (χ1v) is 16.9. The zero-order valence-corrected chi connectivity index (χ0v) is 28.2. The summed E-state index contributed by atoms with van der Waals surface area (Å²) in [4.78, 5) is 4.74. The van der Waals surface area contributed by atoms with Crippen molar-refractivity contribution >= 4 is 10.9 Å². The van der Waals surface area contributed by atoms with Crippen LogP contribution in [0.1, 0.15) is 102 Å². The molecule has 0 bridgehead atoms. The molecule has 4 rings (SSSR count). The van der Waals surface area contributed by atoms with Gasteiger partial charge in [0.05, 0.1) is 11.4 Å². The van der Waals surface area contributed by atoms with Gasteiger partial charge < -0.3 is 15.7 Å². The van der Waals surface area contributed by atoms with E-state index in [1.54, 1.807) is 6.20 Å². The van der Waals surface area contributed by atoms with E-state index in [9.17, 15) is 4.39 Å². The van der Waals surface area contributed by atoms with Crippen LogP contribution in [0, 0.1) is 5.41 Å². The van der Waals surface area contributed by atoms with Crippen LogP contribution in [-0.4, -0.2) is 16.1 Å². The summed E-state index contributed by atoms with van der Waals surface area (Å²) in [6.07, 6.45) is 12.2. The lowest BCUT2D eigenvalue weighted by atomic mass is 9.80. The molecule has 4 aromatic rings. The minimum absolute atomic E-state index is 0.128. The van der Waals surface area contributed by atoms with Crippen LogP contribution in [0.5, 0.6) is 0 Å². The van der Waals surface area contributed by atoms with Gasteiger partial charge in [0.1, 0.15) is 6.67 Å². The number of hydrazine groups is 1. The van der Waals surface area contributed by atoms with Gasteiger partial charge in [-0.15, -0.1) is 0 Å². The van der Waals surface area contributed by atoms with E-state index in [1.165, 1.54) is 27.7 Å². The van der Waals surface area contributed by atoms with E-state index < -0.39 is 6.67 Å². The Morgan fingerprint density at radius 1 is 1.02 bits per heavy atom. The summed E-state index contributed by atoms with van der Waals surface area (Å²) >= 11 is 0. The maximum Gasteiger partial charge on any atom is 0.115 e. The number of alkyl halides is 1. The number of nitrogens with one attached hydrogen (secondary N) is 2. The van der Waals surface area contributed by atoms with Crippen LogP contribution in [0.3, 0.4) is 0 Å². The molecule has 0 spiro atoms. The van der Waals surface area contributed by atoms with Gasteiger partial charge >= 0.3 is 0 Å².